The number of benzene rings is 2. The van der Waals surface area contributed by atoms with Crippen LogP contribution in [0.2, 0.25) is 5.02 Å². The molecule has 9 nitrogen and oxygen atoms in total. The summed E-state index contributed by atoms with van der Waals surface area (Å²) in [5, 5.41) is 4.62. The molecule has 2 N–H and O–H groups in total. The number of carbonyl (C=O) groups is 3. The van der Waals surface area contributed by atoms with Crippen LogP contribution < -0.4 is 15.6 Å². The third kappa shape index (κ3) is 4.20. The van der Waals surface area contributed by atoms with E-state index in [1.165, 1.54) is 23.0 Å². The van der Waals surface area contributed by atoms with Crippen molar-refractivity contribution in [3.63, 3.8) is 0 Å². The number of ether oxygens (including phenoxy) is 1. The largest absolute Gasteiger partial charge is 0.465 e. The van der Waals surface area contributed by atoms with Crippen molar-refractivity contribution in [1.29, 1.82) is 0 Å². The van der Waals surface area contributed by atoms with Crippen molar-refractivity contribution >= 4 is 40.8 Å². The first kappa shape index (κ1) is 22.9. The zero-order valence-corrected chi connectivity index (χ0v) is 19.5. The molecule has 174 valence electrons. The van der Waals surface area contributed by atoms with Crippen molar-refractivity contribution < 1.29 is 19.1 Å². The Kier molecular flexibility index (Phi) is 6.29. The number of urea groups is 1. The number of methoxy groups -OCH3 is 1. The number of esters is 1. The number of rotatable bonds is 4. The molecular formula is C24H22ClN5O4. The van der Waals surface area contributed by atoms with Crippen LogP contribution in [0.25, 0.3) is 5.57 Å². The molecule has 0 saturated heterocycles. The molecule has 0 bridgehead atoms. The molecule has 2 aromatic carbocycles. The summed E-state index contributed by atoms with van der Waals surface area (Å²) in [6.07, 6.45) is 6.88. The number of hydrogen-bond acceptors (Lipinski definition) is 6. The first-order chi connectivity index (χ1) is 16.3. The molecule has 0 atom stereocenters. The van der Waals surface area contributed by atoms with Crippen molar-refractivity contribution in [2.45, 2.75) is 0 Å². The maximum atomic E-state index is 13.2. The van der Waals surface area contributed by atoms with Crippen molar-refractivity contribution in [1.82, 2.24) is 20.7 Å². The average molecular weight is 480 g/mol. The molecule has 0 aromatic heterocycles. The summed E-state index contributed by atoms with van der Waals surface area (Å²) in [5.74, 6) is -0.749. The summed E-state index contributed by atoms with van der Waals surface area (Å²) >= 11 is 6.10. The van der Waals surface area contributed by atoms with Gasteiger partial charge in [0.2, 0.25) is 0 Å². The molecule has 0 fully saturated rings. The van der Waals surface area contributed by atoms with Crippen molar-refractivity contribution in [2.75, 3.05) is 26.1 Å². The van der Waals surface area contributed by atoms with Crippen LogP contribution in [0.5, 0.6) is 0 Å². The lowest BCUT2D eigenvalue weighted by Gasteiger charge is -2.29. The van der Waals surface area contributed by atoms with Crippen LogP contribution in [0, 0.1) is 0 Å². The van der Waals surface area contributed by atoms with Crippen molar-refractivity contribution in [3.05, 3.63) is 94.7 Å². The smallest absolute Gasteiger partial charge is 0.339 e. The van der Waals surface area contributed by atoms with E-state index in [1.807, 2.05) is 18.3 Å². The summed E-state index contributed by atoms with van der Waals surface area (Å²) in [4.78, 5) is 39.9. The third-order valence-electron chi connectivity index (χ3n) is 5.46. The molecule has 0 aliphatic carbocycles. The van der Waals surface area contributed by atoms with E-state index in [9.17, 15) is 14.4 Å². The Morgan fingerprint density at radius 3 is 2.50 bits per heavy atom. The predicted molar refractivity (Wildman–Crippen MR) is 128 cm³/mol. The number of fused-ring (bicyclic) bond motifs is 1. The summed E-state index contributed by atoms with van der Waals surface area (Å²) < 4.78 is 4.76. The Hall–Kier alpha value is -4.24. The highest BCUT2D eigenvalue weighted by atomic mass is 35.5. The molecule has 0 spiro atoms. The predicted octanol–water partition coefficient (Wildman–Crippen LogP) is 3.53. The van der Waals surface area contributed by atoms with Crippen LogP contribution in [0.4, 0.5) is 10.5 Å². The molecule has 2 aliphatic rings. The van der Waals surface area contributed by atoms with Gasteiger partial charge in [0, 0.05) is 55.7 Å². The molecule has 4 rings (SSSR count). The Morgan fingerprint density at radius 2 is 1.82 bits per heavy atom. The quantitative estimate of drug-likeness (QED) is 0.651. The van der Waals surface area contributed by atoms with E-state index in [2.05, 4.69) is 10.7 Å². The van der Waals surface area contributed by atoms with Gasteiger partial charge < -0.3 is 15.5 Å². The van der Waals surface area contributed by atoms with E-state index < -0.39 is 5.97 Å². The third-order valence-corrected chi connectivity index (χ3v) is 5.79. The molecule has 0 unspecified atom stereocenters. The van der Waals surface area contributed by atoms with E-state index in [1.54, 1.807) is 62.0 Å². The van der Waals surface area contributed by atoms with Gasteiger partial charge in [0.05, 0.1) is 23.4 Å². The highest BCUT2D eigenvalue weighted by molar-refractivity contribution is 6.33. The fourth-order valence-corrected chi connectivity index (χ4v) is 3.74. The first-order valence-electron chi connectivity index (χ1n) is 10.3. The summed E-state index contributed by atoms with van der Waals surface area (Å²) in [7, 11) is 4.45. The van der Waals surface area contributed by atoms with Gasteiger partial charge in [-0.1, -0.05) is 23.7 Å². The number of nitrogens with one attached hydrogen (secondary N) is 2. The Morgan fingerprint density at radius 1 is 1.09 bits per heavy atom. The first-order valence-corrected chi connectivity index (χ1v) is 10.6. The van der Waals surface area contributed by atoms with Gasteiger partial charge in [0.15, 0.2) is 0 Å². The van der Waals surface area contributed by atoms with Crippen LogP contribution in [0.15, 0.2) is 73.0 Å². The molecule has 3 amide bonds. The molecule has 0 saturated carbocycles. The lowest BCUT2D eigenvalue weighted by Crippen LogP contribution is -2.38. The molecular weight excluding hydrogens is 458 g/mol. The van der Waals surface area contributed by atoms with E-state index in [-0.39, 0.29) is 22.5 Å². The number of hydrogen-bond donors (Lipinski definition) is 2. The second kappa shape index (κ2) is 9.32. The highest BCUT2D eigenvalue weighted by Crippen LogP contribution is 2.32. The number of allylic oxidation sites excluding steroid dienone is 1. The van der Waals surface area contributed by atoms with Crippen molar-refractivity contribution in [3.8, 4) is 0 Å². The van der Waals surface area contributed by atoms with E-state index >= 15 is 0 Å². The second-order valence-electron chi connectivity index (χ2n) is 7.43. The Labute approximate surface area is 201 Å². The summed E-state index contributed by atoms with van der Waals surface area (Å²) in [5.41, 5.74) is 6.82. The van der Waals surface area contributed by atoms with Gasteiger partial charge in [-0.25, -0.2) is 9.59 Å². The van der Waals surface area contributed by atoms with Crippen LogP contribution in [0.1, 0.15) is 26.3 Å². The fraction of sp³-hybridized carbons (Fsp3) is 0.125. The van der Waals surface area contributed by atoms with Gasteiger partial charge in [-0.05, 0) is 35.9 Å². The lowest BCUT2D eigenvalue weighted by atomic mass is 10.0. The summed E-state index contributed by atoms with van der Waals surface area (Å²) in [6, 6.07) is 11.5. The van der Waals surface area contributed by atoms with E-state index in [4.69, 9.17) is 16.3 Å². The zero-order chi connectivity index (χ0) is 24.4. The minimum absolute atomic E-state index is 0.163. The maximum Gasteiger partial charge on any atom is 0.339 e. The maximum absolute atomic E-state index is 13.2. The molecule has 2 heterocycles. The molecule has 2 aromatic rings. The normalized spacial score (nSPS) is 14.0. The van der Waals surface area contributed by atoms with Gasteiger partial charge in [0.25, 0.3) is 5.91 Å². The van der Waals surface area contributed by atoms with Gasteiger partial charge in [-0.2, -0.15) is 0 Å². The number of nitrogens with zero attached hydrogens (tertiary/aromatic N) is 3. The number of anilines is 1. The van der Waals surface area contributed by atoms with E-state index in [0.29, 0.717) is 11.3 Å². The van der Waals surface area contributed by atoms with Crippen LogP contribution in [-0.4, -0.2) is 49.0 Å². The number of halogens is 1. The summed E-state index contributed by atoms with van der Waals surface area (Å²) in [6.45, 7) is 0. The van der Waals surface area contributed by atoms with Gasteiger partial charge >= 0.3 is 12.0 Å². The topological polar surface area (TPSA) is 94.2 Å². The number of hydrazine groups is 1. The van der Waals surface area contributed by atoms with Crippen LogP contribution in [0.3, 0.4) is 0 Å². The van der Waals surface area contributed by atoms with Gasteiger partial charge in [0.1, 0.15) is 0 Å². The zero-order valence-electron chi connectivity index (χ0n) is 18.7. The Balaban J connectivity index is 1.57. The van der Waals surface area contributed by atoms with Crippen LogP contribution >= 0.6 is 11.6 Å². The number of amides is 3. The molecule has 2 aliphatic heterocycles. The van der Waals surface area contributed by atoms with Gasteiger partial charge in [-0.15, -0.1) is 0 Å². The molecule has 34 heavy (non-hydrogen) atoms. The monoisotopic (exact) mass is 479 g/mol. The minimum Gasteiger partial charge on any atom is -0.465 e. The fourth-order valence-electron chi connectivity index (χ4n) is 3.54. The molecule has 0 radical (unpaired) electrons. The molecule has 10 heteroatoms. The van der Waals surface area contributed by atoms with Crippen LogP contribution in [-0.2, 0) is 4.74 Å². The average Bonchev–Trinajstić information content (AvgIpc) is 3.30. The van der Waals surface area contributed by atoms with Gasteiger partial charge in [-0.3, -0.25) is 19.6 Å². The minimum atomic E-state index is -0.586. The SMILES string of the molecule is CNC(=O)c1ccc(C2=CNN3C=CN(C(=O)N(C)c4ccc(Cl)c(C(=O)OC)c4)C=C23)cc1. The van der Waals surface area contributed by atoms with Crippen molar-refractivity contribution in [2.24, 2.45) is 0 Å². The van der Waals surface area contributed by atoms with E-state index in [0.717, 1.165) is 16.8 Å². The lowest BCUT2D eigenvalue weighted by molar-refractivity contribution is 0.0600. The highest BCUT2D eigenvalue weighted by Gasteiger charge is 2.27. The second-order valence-corrected chi connectivity index (χ2v) is 7.84. The number of carbonyl (C=O) groups excluding carboxylic acids is 3. The Bertz CT molecular complexity index is 1250. The standard InChI is InChI=1S/C24H22ClN5O4/c1-26-22(31)16-6-4-15(5-7-16)19-13-27-30-11-10-29(14-21(19)30)24(33)28(2)17-8-9-20(25)18(12-17)23(32)34-3/h4-14,27H,1-3H3,(H,26,31).